The number of carbonyl (C=O) groups is 1. The number of hydrogen-bond donors (Lipinski definition) is 2. The number of rotatable bonds is 4. The Balaban J connectivity index is 0.00000242. The quantitative estimate of drug-likeness (QED) is 0.844. The molecule has 0 fully saturated rings. The van der Waals surface area contributed by atoms with Gasteiger partial charge in [0.2, 0.25) is 0 Å². The van der Waals surface area contributed by atoms with Crippen molar-refractivity contribution in [2.24, 2.45) is 0 Å². The maximum atomic E-state index is 12.2. The highest BCUT2D eigenvalue weighted by molar-refractivity contribution is 5.99. The van der Waals surface area contributed by atoms with Crippen LogP contribution in [0.2, 0.25) is 0 Å². The number of anilines is 1. The van der Waals surface area contributed by atoms with Crippen LogP contribution in [0.1, 0.15) is 35.3 Å². The van der Waals surface area contributed by atoms with Gasteiger partial charge >= 0.3 is 0 Å². The molecule has 0 aliphatic rings. The summed E-state index contributed by atoms with van der Waals surface area (Å²) in [6, 6.07) is 15.4. The Labute approximate surface area is 138 Å². The molecule has 0 spiro atoms. The number of benzene rings is 2. The second-order valence-electron chi connectivity index (χ2n) is 5.97. The standard InChI is InChI=1S/C18H22N2O.ClH/c1-13-8-4-6-10-15(13)18(2,3)12-20-17(21)14-9-5-7-11-16(14)19;/h4-11H,12,19H2,1-3H3,(H,20,21);1H. The number of aryl methyl sites for hydroxylation is 1. The van der Waals surface area contributed by atoms with Crippen molar-refractivity contribution < 1.29 is 4.79 Å². The topological polar surface area (TPSA) is 55.1 Å². The molecule has 0 radical (unpaired) electrons. The molecule has 0 aromatic heterocycles. The number of carbonyl (C=O) groups excluding carboxylic acids is 1. The fraction of sp³-hybridized carbons (Fsp3) is 0.278. The van der Waals surface area contributed by atoms with Crippen molar-refractivity contribution in [3.05, 3.63) is 65.2 Å². The van der Waals surface area contributed by atoms with Crippen LogP contribution >= 0.6 is 12.4 Å². The molecular weight excluding hydrogens is 296 g/mol. The predicted molar refractivity (Wildman–Crippen MR) is 94.6 cm³/mol. The molecule has 0 atom stereocenters. The highest BCUT2D eigenvalue weighted by Crippen LogP contribution is 2.25. The Morgan fingerprint density at radius 1 is 1.09 bits per heavy atom. The average Bonchev–Trinajstić information content (AvgIpc) is 2.45. The fourth-order valence-electron chi connectivity index (χ4n) is 2.53. The number of para-hydroxylation sites is 1. The van der Waals surface area contributed by atoms with Crippen LogP contribution in [0.15, 0.2) is 48.5 Å². The molecule has 3 N–H and O–H groups in total. The Morgan fingerprint density at radius 3 is 2.32 bits per heavy atom. The summed E-state index contributed by atoms with van der Waals surface area (Å²) < 4.78 is 0. The van der Waals surface area contributed by atoms with Crippen LogP contribution < -0.4 is 11.1 Å². The lowest BCUT2D eigenvalue weighted by Gasteiger charge is -2.27. The summed E-state index contributed by atoms with van der Waals surface area (Å²) in [5.41, 5.74) is 9.20. The molecule has 22 heavy (non-hydrogen) atoms. The van der Waals surface area contributed by atoms with Crippen LogP contribution in [-0.4, -0.2) is 12.5 Å². The van der Waals surface area contributed by atoms with Gasteiger partial charge in [-0.25, -0.2) is 0 Å². The third-order valence-electron chi connectivity index (χ3n) is 3.77. The van der Waals surface area contributed by atoms with Crippen LogP contribution in [0, 0.1) is 6.92 Å². The van der Waals surface area contributed by atoms with E-state index in [4.69, 9.17) is 5.73 Å². The maximum Gasteiger partial charge on any atom is 0.253 e. The second kappa shape index (κ2) is 7.32. The van der Waals surface area contributed by atoms with Gasteiger partial charge in [-0.1, -0.05) is 50.2 Å². The van der Waals surface area contributed by atoms with Gasteiger partial charge in [0, 0.05) is 17.6 Å². The third kappa shape index (κ3) is 4.01. The highest BCUT2D eigenvalue weighted by atomic mass is 35.5. The zero-order chi connectivity index (χ0) is 15.5. The SMILES string of the molecule is Cc1ccccc1C(C)(C)CNC(=O)c1ccccc1N.Cl. The molecule has 1 amide bonds. The lowest BCUT2D eigenvalue weighted by Crippen LogP contribution is -2.37. The largest absolute Gasteiger partial charge is 0.398 e. The summed E-state index contributed by atoms with van der Waals surface area (Å²) in [5, 5.41) is 2.99. The molecule has 0 saturated carbocycles. The second-order valence-corrected chi connectivity index (χ2v) is 5.97. The van der Waals surface area contributed by atoms with E-state index in [9.17, 15) is 4.79 Å². The van der Waals surface area contributed by atoms with Gasteiger partial charge < -0.3 is 11.1 Å². The molecule has 0 bridgehead atoms. The van der Waals surface area contributed by atoms with Gasteiger partial charge in [-0.05, 0) is 30.2 Å². The Hall–Kier alpha value is -2.00. The highest BCUT2D eigenvalue weighted by Gasteiger charge is 2.23. The zero-order valence-electron chi connectivity index (χ0n) is 13.2. The van der Waals surface area contributed by atoms with Crippen LogP contribution in [0.4, 0.5) is 5.69 Å². The normalized spacial score (nSPS) is 10.7. The van der Waals surface area contributed by atoms with E-state index in [1.54, 1.807) is 12.1 Å². The molecule has 0 heterocycles. The minimum Gasteiger partial charge on any atom is -0.398 e. The number of nitrogen functional groups attached to an aromatic ring is 1. The van der Waals surface area contributed by atoms with Crippen molar-refractivity contribution in [2.45, 2.75) is 26.2 Å². The average molecular weight is 319 g/mol. The molecule has 2 aromatic carbocycles. The van der Waals surface area contributed by atoms with Gasteiger partial charge in [0.25, 0.3) is 5.91 Å². The first-order chi connectivity index (χ1) is 9.92. The van der Waals surface area contributed by atoms with Gasteiger partial charge in [-0.15, -0.1) is 12.4 Å². The molecule has 4 heteroatoms. The lowest BCUT2D eigenvalue weighted by atomic mass is 9.82. The number of nitrogens with two attached hydrogens (primary N) is 1. The molecular formula is C18H23ClN2O. The summed E-state index contributed by atoms with van der Waals surface area (Å²) in [5.74, 6) is -0.130. The van der Waals surface area contributed by atoms with E-state index in [0.717, 1.165) is 0 Å². The van der Waals surface area contributed by atoms with Crippen molar-refractivity contribution in [1.82, 2.24) is 5.32 Å². The summed E-state index contributed by atoms with van der Waals surface area (Å²) >= 11 is 0. The van der Waals surface area contributed by atoms with Crippen molar-refractivity contribution in [3.63, 3.8) is 0 Å². The van der Waals surface area contributed by atoms with Gasteiger partial charge in [0.05, 0.1) is 5.56 Å². The first-order valence-corrected chi connectivity index (χ1v) is 7.10. The van der Waals surface area contributed by atoms with E-state index in [-0.39, 0.29) is 23.7 Å². The smallest absolute Gasteiger partial charge is 0.253 e. The molecule has 3 nitrogen and oxygen atoms in total. The Kier molecular flexibility index (Phi) is 6.01. The van der Waals surface area contributed by atoms with E-state index in [1.807, 2.05) is 24.3 Å². The lowest BCUT2D eigenvalue weighted by molar-refractivity contribution is 0.0946. The van der Waals surface area contributed by atoms with Crippen LogP contribution in [-0.2, 0) is 5.41 Å². The Morgan fingerprint density at radius 2 is 1.68 bits per heavy atom. The van der Waals surface area contributed by atoms with E-state index in [0.29, 0.717) is 17.8 Å². The van der Waals surface area contributed by atoms with Crippen LogP contribution in [0.5, 0.6) is 0 Å². The fourth-order valence-corrected chi connectivity index (χ4v) is 2.53. The van der Waals surface area contributed by atoms with Gasteiger partial charge in [-0.2, -0.15) is 0 Å². The van der Waals surface area contributed by atoms with Gasteiger partial charge in [-0.3, -0.25) is 4.79 Å². The molecule has 0 saturated heterocycles. The van der Waals surface area contributed by atoms with Crippen molar-refractivity contribution in [3.8, 4) is 0 Å². The first kappa shape index (κ1) is 18.1. The van der Waals surface area contributed by atoms with E-state index < -0.39 is 0 Å². The number of halogens is 1. The molecule has 2 aromatic rings. The molecule has 0 unspecified atom stereocenters. The van der Waals surface area contributed by atoms with Crippen molar-refractivity contribution in [1.29, 1.82) is 0 Å². The van der Waals surface area contributed by atoms with Gasteiger partial charge in [0.15, 0.2) is 0 Å². The van der Waals surface area contributed by atoms with Crippen LogP contribution in [0.25, 0.3) is 0 Å². The maximum absolute atomic E-state index is 12.2. The van der Waals surface area contributed by atoms with Crippen molar-refractivity contribution >= 4 is 24.0 Å². The number of amides is 1. The monoisotopic (exact) mass is 318 g/mol. The van der Waals surface area contributed by atoms with E-state index >= 15 is 0 Å². The summed E-state index contributed by atoms with van der Waals surface area (Å²) in [6.07, 6.45) is 0. The van der Waals surface area contributed by atoms with Crippen LogP contribution in [0.3, 0.4) is 0 Å². The number of hydrogen-bond acceptors (Lipinski definition) is 2. The van der Waals surface area contributed by atoms with E-state index in [1.165, 1.54) is 11.1 Å². The molecule has 118 valence electrons. The summed E-state index contributed by atoms with van der Waals surface area (Å²) in [6.45, 7) is 6.91. The first-order valence-electron chi connectivity index (χ1n) is 7.10. The van der Waals surface area contributed by atoms with Gasteiger partial charge in [0.1, 0.15) is 0 Å². The minimum atomic E-state index is -0.134. The summed E-state index contributed by atoms with van der Waals surface area (Å²) in [7, 11) is 0. The predicted octanol–water partition coefficient (Wildman–Crippen LogP) is 3.71. The molecule has 0 aliphatic heterocycles. The van der Waals surface area contributed by atoms with Crippen molar-refractivity contribution in [2.75, 3.05) is 12.3 Å². The minimum absolute atomic E-state index is 0. The molecule has 2 rings (SSSR count). The Bertz CT molecular complexity index is 653. The third-order valence-corrected chi connectivity index (χ3v) is 3.77. The molecule has 0 aliphatic carbocycles. The van der Waals surface area contributed by atoms with E-state index in [2.05, 4.69) is 38.2 Å². The number of nitrogens with one attached hydrogen (secondary N) is 1. The summed E-state index contributed by atoms with van der Waals surface area (Å²) in [4.78, 5) is 12.2. The zero-order valence-corrected chi connectivity index (χ0v) is 14.0.